The molecule has 1 aromatic carbocycles. The number of nitrogens with one attached hydrogen (secondary N) is 2. The van der Waals surface area contributed by atoms with Crippen LogP contribution >= 0.6 is 0 Å². The lowest BCUT2D eigenvalue weighted by atomic mass is 10.1. The van der Waals surface area contributed by atoms with Crippen molar-refractivity contribution in [2.24, 2.45) is 0 Å². The van der Waals surface area contributed by atoms with Gasteiger partial charge >= 0.3 is 0 Å². The van der Waals surface area contributed by atoms with Crippen LogP contribution in [0.2, 0.25) is 0 Å². The van der Waals surface area contributed by atoms with Crippen LogP contribution in [0.15, 0.2) is 18.5 Å². The summed E-state index contributed by atoms with van der Waals surface area (Å²) in [4.78, 5) is 4.13. The van der Waals surface area contributed by atoms with Gasteiger partial charge in [0, 0.05) is 18.2 Å². The number of methoxy groups -OCH3 is 3. The van der Waals surface area contributed by atoms with Crippen LogP contribution in [0.3, 0.4) is 0 Å². The summed E-state index contributed by atoms with van der Waals surface area (Å²) in [6.07, 6.45) is 1.49. The van der Waals surface area contributed by atoms with Gasteiger partial charge in [-0.2, -0.15) is 5.10 Å². The molecule has 1 atom stereocenters. The summed E-state index contributed by atoms with van der Waals surface area (Å²) in [7, 11) is 4.84. The van der Waals surface area contributed by atoms with E-state index in [0.29, 0.717) is 18.0 Å². The second-order valence-corrected chi connectivity index (χ2v) is 4.49. The van der Waals surface area contributed by atoms with Gasteiger partial charge in [-0.3, -0.25) is 5.10 Å². The summed E-state index contributed by atoms with van der Waals surface area (Å²) in [6, 6.07) is 3.76. The second-order valence-electron chi connectivity index (χ2n) is 4.49. The van der Waals surface area contributed by atoms with Gasteiger partial charge in [0.1, 0.15) is 17.9 Å². The van der Waals surface area contributed by atoms with Gasteiger partial charge < -0.3 is 19.5 Å². The van der Waals surface area contributed by atoms with E-state index in [-0.39, 0.29) is 6.04 Å². The number of hydrogen-bond acceptors (Lipinski definition) is 6. The Morgan fingerprint density at radius 3 is 2.33 bits per heavy atom. The van der Waals surface area contributed by atoms with Gasteiger partial charge in [-0.1, -0.05) is 0 Å². The summed E-state index contributed by atoms with van der Waals surface area (Å²) in [5.41, 5.74) is 0.974. The van der Waals surface area contributed by atoms with E-state index in [0.717, 1.165) is 17.1 Å². The van der Waals surface area contributed by atoms with Crippen molar-refractivity contribution < 1.29 is 14.2 Å². The zero-order valence-electron chi connectivity index (χ0n) is 12.6. The van der Waals surface area contributed by atoms with Crippen LogP contribution in [0.1, 0.15) is 24.4 Å². The average molecular weight is 292 g/mol. The lowest BCUT2D eigenvalue weighted by Gasteiger charge is -2.16. The molecule has 7 nitrogen and oxygen atoms in total. The van der Waals surface area contributed by atoms with E-state index >= 15 is 0 Å². The van der Waals surface area contributed by atoms with Crippen molar-refractivity contribution in [3.8, 4) is 17.2 Å². The molecule has 0 saturated heterocycles. The van der Waals surface area contributed by atoms with Crippen molar-refractivity contribution >= 4 is 0 Å². The van der Waals surface area contributed by atoms with E-state index in [4.69, 9.17) is 14.2 Å². The molecule has 2 aromatic rings. The number of ether oxygens (including phenoxy) is 3. The molecular formula is C14H20N4O3. The molecule has 0 fully saturated rings. The third-order valence-electron chi connectivity index (χ3n) is 3.23. The van der Waals surface area contributed by atoms with E-state index in [9.17, 15) is 0 Å². The minimum absolute atomic E-state index is 0.0466. The van der Waals surface area contributed by atoms with Gasteiger partial charge in [0.2, 0.25) is 0 Å². The first-order chi connectivity index (χ1) is 10.2. The molecule has 0 bridgehead atoms. The molecule has 21 heavy (non-hydrogen) atoms. The maximum Gasteiger partial charge on any atom is 0.164 e. The summed E-state index contributed by atoms with van der Waals surface area (Å²) >= 11 is 0. The molecule has 0 aliphatic carbocycles. The van der Waals surface area contributed by atoms with Gasteiger partial charge in [-0.25, -0.2) is 4.98 Å². The molecule has 114 valence electrons. The predicted octanol–water partition coefficient (Wildman–Crippen LogP) is 1.68. The molecular weight excluding hydrogens is 272 g/mol. The van der Waals surface area contributed by atoms with Gasteiger partial charge in [-0.15, -0.1) is 0 Å². The van der Waals surface area contributed by atoms with Gasteiger partial charge in [0.25, 0.3) is 0 Å². The fourth-order valence-electron chi connectivity index (χ4n) is 2.01. The van der Waals surface area contributed by atoms with Crippen LogP contribution < -0.4 is 19.5 Å². The molecule has 1 aromatic heterocycles. The fourth-order valence-corrected chi connectivity index (χ4v) is 2.01. The highest BCUT2D eigenvalue weighted by Gasteiger charge is 2.14. The lowest BCUT2D eigenvalue weighted by molar-refractivity contribution is 0.346. The summed E-state index contributed by atoms with van der Waals surface area (Å²) in [5.74, 6) is 2.84. The minimum atomic E-state index is 0.0466. The predicted molar refractivity (Wildman–Crippen MR) is 77.7 cm³/mol. The minimum Gasteiger partial charge on any atom is -0.496 e. The van der Waals surface area contributed by atoms with Crippen LogP contribution in [0.4, 0.5) is 0 Å². The molecule has 0 aliphatic rings. The molecule has 1 heterocycles. The van der Waals surface area contributed by atoms with Gasteiger partial charge in [-0.05, 0) is 13.0 Å². The third-order valence-corrected chi connectivity index (χ3v) is 3.23. The first-order valence-electron chi connectivity index (χ1n) is 6.57. The second kappa shape index (κ2) is 6.94. The Bertz CT molecular complexity index is 572. The van der Waals surface area contributed by atoms with E-state index in [2.05, 4.69) is 20.5 Å². The zero-order valence-corrected chi connectivity index (χ0v) is 12.6. The third kappa shape index (κ3) is 3.43. The highest BCUT2D eigenvalue weighted by Crippen LogP contribution is 2.34. The van der Waals surface area contributed by atoms with Crippen molar-refractivity contribution in [3.05, 3.63) is 29.8 Å². The Hall–Kier alpha value is -2.28. The van der Waals surface area contributed by atoms with Crippen molar-refractivity contribution in [2.45, 2.75) is 19.5 Å². The topological polar surface area (TPSA) is 81.3 Å². The van der Waals surface area contributed by atoms with Crippen LogP contribution in [-0.2, 0) is 6.54 Å². The maximum absolute atomic E-state index is 5.40. The van der Waals surface area contributed by atoms with Crippen LogP contribution in [0.5, 0.6) is 17.2 Å². The average Bonchev–Trinajstić information content (AvgIpc) is 3.06. The van der Waals surface area contributed by atoms with E-state index in [1.807, 2.05) is 19.1 Å². The highest BCUT2D eigenvalue weighted by atomic mass is 16.5. The van der Waals surface area contributed by atoms with Gasteiger partial charge in [0.15, 0.2) is 11.5 Å². The maximum atomic E-state index is 5.40. The first-order valence-corrected chi connectivity index (χ1v) is 6.57. The largest absolute Gasteiger partial charge is 0.496 e. The van der Waals surface area contributed by atoms with Crippen LogP contribution in [-0.4, -0.2) is 36.5 Å². The quantitative estimate of drug-likeness (QED) is 0.808. The standard InChI is InChI=1S/C14H20N4O3/c1-9(14-16-8-17-18-14)15-7-10-5-12(20-3)13(21-4)6-11(10)19-2/h5-6,8-9,15H,7H2,1-4H3,(H,16,17,18). The Morgan fingerprint density at radius 1 is 1.10 bits per heavy atom. The molecule has 0 saturated carbocycles. The lowest BCUT2D eigenvalue weighted by Crippen LogP contribution is -2.19. The summed E-state index contributed by atoms with van der Waals surface area (Å²) < 4.78 is 16.0. The Morgan fingerprint density at radius 2 is 1.76 bits per heavy atom. The number of benzene rings is 1. The number of H-pyrrole nitrogens is 1. The van der Waals surface area contributed by atoms with Crippen LogP contribution in [0.25, 0.3) is 0 Å². The normalized spacial score (nSPS) is 12.0. The van der Waals surface area contributed by atoms with Gasteiger partial charge in [0.05, 0.1) is 27.4 Å². The Labute approximate surface area is 123 Å². The SMILES string of the molecule is COc1cc(OC)c(OC)cc1CNC(C)c1ncn[nH]1. The number of nitrogens with zero attached hydrogens (tertiary/aromatic N) is 2. The molecule has 0 amide bonds. The van der Waals surface area contributed by atoms with Crippen molar-refractivity contribution in [1.82, 2.24) is 20.5 Å². The molecule has 1 unspecified atom stereocenters. The fraction of sp³-hybridized carbons (Fsp3) is 0.429. The van der Waals surface area contributed by atoms with E-state index in [1.165, 1.54) is 6.33 Å². The van der Waals surface area contributed by atoms with Crippen molar-refractivity contribution in [3.63, 3.8) is 0 Å². The number of aromatic amines is 1. The number of rotatable bonds is 7. The van der Waals surface area contributed by atoms with Crippen LogP contribution in [0, 0.1) is 0 Å². The van der Waals surface area contributed by atoms with E-state index in [1.54, 1.807) is 21.3 Å². The van der Waals surface area contributed by atoms with Crippen molar-refractivity contribution in [2.75, 3.05) is 21.3 Å². The summed E-state index contributed by atoms with van der Waals surface area (Å²) in [5, 5.41) is 10.0. The molecule has 0 radical (unpaired) electrons. The molecule has 2 rings (SSSR count). The smallest absolute Gasteiger partial charge is 0.164 e. The Kier molecular flexibility index (Phi) is 4.99. The molecule has 0 spiro atoms. The molecule has 7 heteroatoms. The first kappa shape index (κ1) is 15.1. The number of hydrogen-bond donors (Lipinski definition) is 2. The summed E-state index contributed by atoms with van der Waals surface area (Å²) in [6.45, 7) is 2.61. The number of aromatic nitrogens is 3. The molecule has 2 N–H and O–H groups in total. The van der Waals surface area contributed by atoms with E-state index < -0.39 is 0 Å². The molecule has 0 aliphatic heterocycles. The zero-order chi connectivity index (χ0) is 15.2. The highest BCUT2D eigenvalue weighted by molar-refractivity contribution is 5.50. The van der Waals surface area contributed by atoms with Crippen molar-refractivity contribution in [1.29, 1.82) is 0 Å². The monoisotopic (exact) mass is 292 g/mol. The Balaban J connectivity index is 2.15.